The number of hydrogen-bond acceptors (Lipinski definition) is 4. The van der Waals surface area contributed by atoms with Crippen molar-refractivity contribution < 1.29 is 19.4 Å². The number of nitrogens with two attached hydrogens (primary N) is 1. The zero-order valence-corrected chi connectivity index (χ0v) is 11.0. The normalized spacial score (nSPS) is 15.3. The van der Waals surface area contributed by atoms with E-state index >= 15 is 0 Å². The SMILES string of the molecule is CC(C)(COC(=O)c1cc(N)cn1C1CC1)C(=O)O. The van der Waals surface area contributed by atoms with E-state index in [0.717, 1.165) is 12.8 Å². The van der Waals surface area contributed by atoms with Crippen molar-refractivity contribution in [2.75, 3.05) is 12.3 Å². The average Bonchev–Trinajstić information content (AvgIpc) is 3.09. The number of anilines is 1. The van der Waals surface area contributed by atoms with E-state index in [2.05, 4.69) is 0 Å². The predicted octanol–water partition coefficient (Wildman–Crippen LogP) is 1.67. The molecule has 0 atom stereocenters. The lowest BCUT2D eigenvalue weighted by molar-refractivity contribution is -0.149. The minimum absolute atomic E-state index is 0.170. The molecule has 0 unspecified atom stereocenters. The van der Waals surface area contributed by atoms with Gasteiger partial charge in [0, 0.05) is 12.2 Å². The first-order valence-corrected chi connectivity index (χ1v) is 6.19. The number of rotatable bonds is 5. The summed E-state index contributed by atoms with van der Waals surface area (Å²) in [7, 11) is 0. The number of hydrogen-bond donors (Lipinski definition) is 2. The van der Waals surface area contributed by atoms with Gasteiger partial charge in [-0.05, 0) is 32.8 Å². The van der Waals surface area contributed by atoms with Crippen molar-refractivity contribution in [2.45, 2.75) is 32.7 Å². The summed E-state index contributed by atoms with van der Waals surface area (Å²) in [6.07, 6.45) is 3.76. The molecular weight excluding hydrogens is 248 g/mol. The first-order valence-electron chi connectivity index (χ1n) is 6.19. The maximum atomic E-state index is 12.0. The largest absolute Gasteiger partial charge is 0.481 e. The highest BCUT2D eigenvalue weighted by molar-refractivity contribution is 5.89. The van der Waals surface area contributed by atoms with E-state index in [1.54, 1.807) is 12.3 Å². The zero-order valence-electron chi connectivity index (χ0n) is 11.0. The third kappa shape index (κ3) is 2.89. The third-order valence-electron chi connectivity index (χ3n) is 3.16. The summed E-state index contributed by atoms with van der Waals surface area (Å²) in [4.78, 5) is 22.9. The molecule has 0 radical (unpaired) electrons. The van der Waals surface area contributed by atoms with Crippen LogP contribution < -0.4 is 5.73 Å². The smallest absolute Gasteiger partial charge is 0.355 e. The number of nitrogen functional groups attached to an aromatic ring is 1. The quantitative estimate of drug-likeness (QED) is 0.790. The molecule has 0 bridgehead atoms. The number of carboxylic acid groups (broad SMARTS) is 1. The molecule has 6 nitrogen and oxygen atoms in total. The van der Waals surface area contributed by atoms with Crippen LogP contribution in [0.1, 0.15) is 43.2 Å². The molecular formula is C13H18N2O4. The van der Waals surface area contributed by atoms with Crippen LogP contribution in [-0.2, 0) is 9.53 Å². The van der Waals surface area contributed by atoms with E-state index < -0.39 is 17.4 Å². The summed E-state index contributed by atoms with van der Waals surface area (Å²) in [5.41, 5.74) is 5.49. The Hall–Kier alpha value is -1.98. The molecule has 0 spiro atoms. The lowest BCUT2D eigenvalue weighted by Gasteiger charge is -2.18. The highest BCUT2D eigenvalue weighted by Crippen LogP contribution is 2.37. The minimum atomic E-state index is -1.10. The fourth-order valence-electron chi connectivity index (χ4n) is 1.70. The van der Waals surface area contributed by atoms with E-state index in [4.69, 9.17) is 15.6 Å². The molecule has 1 aromatic rings. The zero-order chi connectivity index (χ0) is 14.2. The van der Waals surface area contributed by atoms with Gasteiger partial charge in [-0.3, -0.25) is 4.79 Å². The van der Waals surface area contributed by atoms with Crippen molar-refractivity contribution in [1.82, 2.24) is 4.57 Å². The Bertz CT molecular complexity index is 515. The first-order chi connectivity index (χ1) is 8.81. The molecule has 3 N–H and O–H groups in total. The maximum Gasteiger partial charge on any atom is 0.355 e. The van der Waals surface area contributed by atoms with Crippen molar-refractivity contribution in [3.63, 3.8) is 0 Å². The molecule has 0 saturated heterocycles. The fourth-order valence-corrected chi connectivity index (χ4v) is 1.70. The number of aromatic nitrogens is 1. The predicted molar refractivity (Wildman–Crippen MR) is 68.8 cm³/mol. The number of ether oxygens (including phenoxy) is 1. The number of carboxylic acids is 1. The molecule has 104 valence electrons. The van der Waals surface area contributed by atoms with Gasteiger partial charge in [0.25, 0.3) is 0 Å². The summed E-state index contributed by atoms with van der Waals surface area (Å²) in [5.74, 6) is -1.53. The molecule has 0 amide bonds. The van der Waals surface area contributed by atoms with Gasteiger partial charge in [0.2, 0.25) is 0 Å². The molecule has 0 aromatic carbocycles. The number of carbonyl (C=O) groups excluding carboxylic acids is 1. The molecule has 6 heteroatoms. The first kappa shape index (κ1) is 13.5. The molecule has 2 rings (SSSR count). The topological polar surface area (TPSA) is 94.5 Å². The number of esters is 1. The second kappa shape index (κ2) is 4.60. The van der Waals surface area contributed by atoms with Gasteiger partial charge in [0.05, 0.1) is 11.1 Å². The standard InChI is InChI=1S/C13H18N2O4/c1-13(2,12(17)18)7-19-11(16)10-5-8(14)6-15(10)9-3-4-9/h5-6,9H,3-4,7,14H2,1-2H3,(H,17,18). The van der Waals surface area contributed by atoms with E-state index in [-0.39, 0.29) is 6.61 Å². The second-order valence-electron chi connectivity index (χ2n) is 5.56. The molecule has 1 aromatic heterocycles. The van der Waals surface area contributed by atoms with Gasteiger partial charge in [-0.2, -0.15) is 0 Å². The average molecular weight is 266 g/mol. The lowest BCUT2D eigenvalue weighted by atomic mass is 9.95. The number of nitrogens with zero attached hydrogens (tertiary/aromatic N) is 1. The Morgan fingerprint density at radius 1 is 1.53 bits per heavy atom. The molecule has 1 fully saturated rings. The number of carbonyl (C=O) groups is 2. The molecule has 1 aliphatic rings. The van der Waals surface area contributed by atoms with Gasteiger partial charge >= 0.3 is 11.9 Å². The highest BCUT2D eigenvalue weighted by atomic mass is 16.5. The van der Waals surface area contributed by atoms with Crippen LogP contribution in [0, 0.1) is 5.41 Å². The Morgan fingerprint density at radius 2 is 2.16 bits per heavy atom. The van der Waals surface area contributed by atoms with Crippen molar-refractivity contribution in [3.8, 4) is 0 Å². The van der Waals surface area contributed by atoms with Crippen LogP contribution in [0.5, 0.6) is 0 Å². The summed E-state index contributed by atoms with van der Waals surface area (Å²) >= 11 is 0. The van der Waals surface area contributed by atoms with Gasteiger partial charge in [0.1, 0.15) is 12.3 Å². The summed E-state index contributed by atoms with van der Waals surface area (Å²) in [6, 6.07) is 1.88. The molecule has 1 aliphatic carbocycles. The van der Waals surface area contributed by atoms with Crippen LogP contribution in [0.4, 0.5) is 5.69 Å². The van der Waals surface area contributed by atoms with Gasteiger partial charge < -0.3 is 20.1 Å². The van der Waals surface area contributed by atoms with E-state index in [9.17, 15) is 9.59 Å². The maximum absolute atomic E-state index is 12.0. The van der Waals surface area contributed by atoms with Crippen LogP contribution in [0.15, 0.2) is 12.3 Å². The molecule has 0 aliphatic heterocycles. The van der Waals surface area contributed by atoms with Crippen molar-refractivity contribution in [1.29, 1.82) is 0 Å². The Morgan fingerprint density at radius 3 is 2.68 bits per heavy atom. The van der Waals surface area contributed by atoms with Crippen LogP contribution in [0.3, 0.4) is 0 Å². The third-order valence-corrected chi connectivity index (χ3v) is 3.16. The van der Waals surface area contributed by atoms with Gasteiger partial charge in [-0.15, -0.1) is 0 Å². The molecule has 19 heavy (non-hydrogen) atoms. The Kier molecular flexibility index (Phi) is 3.26. The Balaban J connectivity index is 2.06. The monoisotopic (exact) mass is 266 g/mol. The molecule has 1 saturated carbocycles. The molecule has 1 heterocycles. The van der Waals surface area contributed by atoms with E-state index in [0.29, 0.717) is 17.4 Å². The van der Waals surface area contributed by atoms with Gasteiger partial charge in [-0.25, -0.2) is 4.79 Å². The lowest BCUT2D eigenvalue weighted by Crippen LogP contribution is -2.30. The van der Waals surface area contributed by atoms with Crippen LogP contribution in [-0.4, -0.2) is 28.2 Å². The summed E-state index contributed by atoms with van der Waals surface area (Å²) in [5, 5.41) is 8.97. The number of aliphatic carboxylic acids is 1. The van der Waals surface area contributed by atoms with Crippen LogP contribution in [0.2, 0.25) is 0 Å². The fraction of sp³-hybridized carbons (Fsp3) is 0.538. The van der Waals surface area contributed by atoms with E-state index in [1.807, 2.05) is 4.57 Å². The van der Waals surface area contributed by atoms with Gasteiger partial charge in [-0.1, -0.05) is 0 Å². The highest BCUT2D eigenvalue weighted by Gasteiger charge is 2.31. The van der Waals surface area contributed by atoms with Crippen LogP contribution >= 0.6 is 0 Å². The summed E-state index contributed by atoms with van der Waals surface area (Å²) in [6.45, 7) is 2.85. The second-order valence-corrected chi connectivity index (χ2v) is 5.56. The van der Waals surface area contributed by atoms with Crippen molar-refractivity contribution in [3.05, 3.63) is 18.0 Å². The van der Waals surface area contributed by atoms with Crippen molar-refractivity contribution >= 4 is 17.6 Å². The van der Waals surface area contributed by atoms with E-state index in [1.165, 1.54) is 13.8 Å². The van der Waals surface area contributed by atoms with Crippen molar-refractivity contribution in [2.24, 2.45) is 5.41 Å². The summed E-state index contributed by atoms with van der Waals surface area (Å²) < 4.78 is 6.90. The van der Waals surface area contributed by atoms with Crippen LogP contribution in [0.25, 0.3) is 0 Å². The van der Waals surface area contributed by atoms with Gasteiger partial charge in [0.15, 0.2) is 0 Å². The Labute approximate surface area is 111 Å². The minimum Gasteiger partial charge on any atom is -0.481 e.